The smallest absolute Gasteiger partial charge is 0.261 e. The Hall–Kier alpha value is -12.2. The maximum Gasteiger partial charge on any atom is 0.261 e. The topological polar surface area (TPSA) is 180 Å². The van der Waals surface area contributed by atoms with Gasteiger partial charge in [0.25, 0.3) is 11.6 Å². The summed E-state index contributed by atoms with van der Waals surface area (Å²) in [6.07, 6.45) is 2.74. The van der Waals surface area contributed by atoms with Gasteiger partial charge in [0.15, 0.2) is 0 Å². The molecule has 6 heterocycles. The summed E-state index contributed by atoms with van der Waals surface area (Å²) < 4.78 is 4.84. The second-order valence-electron chi connectivity index (χ2n) is 23.3. The summed E-state index contributed by atoms with van der Waals surface area (Å²) in [5.74, 6) is -1.24. The average molecular weight is 1330 g/mol. The number of alkyl halides is 2. The lowest BCUT2D eigenvalue weighted by molar-refractivity contribution is 0.395. The van der Waals surface area contributed by atoms with Crippen LogP contribution in [-0.2, 0) is 37.3 Å². The maximum absolute atomic E-state index is 7.32. The second kappa shape index (κ2) is 30.3. The molecular weight excluding hydrogens is 1260 g/mol. The van der Waals surface area contributed by atoms with Crippen molar-refractivity contribution in [1.29, 1.82) is 21.0 Å². The summed E-state index contributed by atoms with van der Waals surface area (Å²) in [5, 5.41) is 29.5. The van der Waals surface area contributed by atoms with Gasteiger partial charge in [0.2, 0.25) is 0 Å². The van der Waals surface area contributed by atoms with Crippen molar-refractivity contribution >= 4 is 46.0 Å². The van der Waals surface area contributed by atoms with Crippen molar-refractivity contribution < 1.29 is 0 Å². The normalized spacial score (nSPS) is 13.6. The summed E-state index contributed by atoms with van der Waals surface area (Å²) >= 11 is 9.53. The molecule has 0 radical (unpaired) electrons. The Morgan fingerprint density at radius 3 is 0.778 bits per heavy atom. The van der Waals surface area contributed by atoms with E-state index in [4.69, 9.17) is 74.2 Å². The summed E-state index contributed by atoms with van der Waals surface area (Å²) in [6.45, 7) is 5.72. The number of hydrogen-bond donors (Lipinski definition) is 0. The molecule has 4 aliphatic heterocycles. The molecule has 99 heavy (non-hydrogen) atoms. The first-order valence-electron chi connectivity index (χ1n) is 32.5. The maximum atomic E-state index is 7.32. The molecule has 10 aromatic carbocycles. The minimum absolute atomic E-state index is 0.194. The molecule has 14 heteroatoms. The third kappa shape index (κ3) is 12.7. The van der Waals surface area contributed by atoms with Crippen molar-refractivity contribution in [2.45, 2.75) is 65.0 Å². The Balaban J connectivity index is 0.000000573. The van der Waals surface area contributed by atoms with Crippen molar-refractivity contribution in [3.8, 4) is 92.1 Å². The summed E-state index contributed by atoms with van der Waals surface area (Å²) in [4.78, 5) is 37.0. The minimum Gasteiger partial charge on any atom is -0.275 e. The van der Waals surface area contributed by atoms with Gasteiger partial charge in [0, 0.05) is 94.5 Å². The number of nitriles is 4. The van der Waals surface area contributed by atoms with Crippen LogP contribution < -0.4 is 0 Å². The van der Waals surface area contributed by atoms with E-state index >= 15 is 0 Å². The number of aliphatic imine (C=N–C) groups is 4. The molecule has 16 rings (SSSR count). The van der Waals surface area contributed by atoms with Crippen LogP contribution in [0.4, 0.5) is 0 Å². The monoisotopic (exact) mass is 1320 g/mol. The van der Waals surface area contributed by atoms with Crippen LogP contribution in [0, 0.1) is 45.3 Å². The molecule has 0 N–H and O–H groups in total. The van der Waals surface area contributed by atoms with E-state index in [2.05, 4.69) is 276 Å². The predicted molar refractivity (Wildman–Crippen MR) is 400 cm³/mol. The van der Waals surface area contributed by atoms with Crippen molar-refractivity contribution in [3.63, 3.8) is 0 Å². The molecule has 0 unspecified atom stereocenters. The van der Waals surface area contributed by atoms with Gasteiger partial charge in [-0.15, -0.1) is 23.2 Å². The number of fused-ring (bicyclic) bond motifs is 12. The molecule has 12 aromatic rings. The van der Waals surface area contributed by atoms with Crippen LogP contribution in [0.5, 0.6) is 0 Å². The Morgan fingerprint density at radius 2 is 0.535 bits per heavy atom. The van der Waals surface area contributed by atoms with E-state index in [1.165, 1.54) is 27.7 Å². The van der Waals surface area contributed by atoms with Crippen LogP contribution in [0.1, 0.15) is 83.3 Å². The molecule has 4 aliphatic rings. The van der Waals surface area contributed by atoms with Crippen LogP contribution in [0.3, 0.4) is 0 Å². The first-order valence-corrected chi connectivity index (χ1v) is 33.5. The number of aromatic nitrogens is 4. The Bertz CT molecular complexity index is 4730. The van der Waals surface area contributed by atoms with Gasteiger partial charge in [-0.05, 0) is 72.2 Å². The first kappa shape index (κ1) is 66.8. The fraction of sp³-hybridized carbons (Fsp3) is 0.129. The number of rotatable bonds is 8. The predicted octanol–water partition coefficient (Wildman–Crippen LogP) is 19.4. The van der Waals surface area contributed by atoms with Gasteiger partial charge >= 0.3 is 0 Å². The van der Waals surface area contributed by atoms with E-state index in [0.717, 1.165) is 146 Å². The molecule has 480 valence electrons. The minimum atomic E-state index is -1.43. The standard InChI is InChI=1S/C76H52N8.4C2H3N.CH2Cl2/c1-9-25-49(26-10-1)65-66(50-27-11-2-12-28-50)80-75(79-65)63-47-60-44-42-58-45-61(73-77-69(53-33-17-5-18-34-53)71(83(73)75)55-37-21-7-22-38-55)57-41-43-59(63)48-64(60)76(81-67(51-29-13-3-14-30-51)68(82-76)52-31-15-4-16-32-52)84-72(56-39-23-8-24-40-56)70(54-35-19-6-20-36-54)78-74(84)62(58)46-57;4*1-2-3;2-1-3/h1-40,45-48H,41-44H2;4*1H3;1H2. The third-order valence-electron chi connectivity index (χ3n) is 17.5. The SMILES string of the molecule is CC#N.CC#N.CC#N.CC#N.ClCCl.c1ccc(C2=NC3(N=C2c2ccccc2)c2cc4c5cc2CCc2cc(c(cc2-c2nc(-c6ccccc6)c(-c6ccccc6)n23)CC4)-c2nc(-c3ccccc3)c(-c3ccccc3)n2C52N=C(c3ccccc3)C(c3ccccc3)=N2)cc1. The highest BCUT2D eigenvalue weighted by Crippen LogP contribution is 2.55. The van der Waals surface area contributed by atoms with E-state index in [1.807, 2.05) is 0 Å². The van der Waals surface area contributed by atoms with Crippen LogP contribution >= 0.6 is 23.2 Å². The number of nitrogens with zero attached hydrogens (tertiary/aromatic N) is 12. The lowest BCUT2D eigenvalue weighted by Crippen LogP contribution is -2.35. The molecule has 0 saturated heterocycles. The van der Waals surface area contributed by atoms with Crippen molar-refractivity contribution in [2.24, 2.45) is 20.0 Å². The quantitative estimate of drug-likeness (QED) is 0.137. The zero-order chi connectivity index (χ0) is 68.9. The Kier molecular flexibility index (Phi) is 20.4. The third-order valence-corrected chi connectivity index (χ3v) is 17.5. The highest BCUT2D eigenvalue weighted by atomic mass is 35.5. The van der Waals surface area contributed by atoms with E-state index in [-0.39, 0.29) is 5.34 Å². The van der Waals surface area contributed by atoms with E-state index in [9.17, 15) is 0 Å². The number of aryl methyl sites for hydroxylation is 4. The van der Waals surface area contributed by atoms with E-state index in [1.54, 1.807) is 24.3 Å². The molecule has 0 aliphatic carbocycles. The first-order chi connectivity index (χ1) is 48.7. The van der Waals surface area contributed by atoms with Gasteiger partial charge in [0.1, 0.15) is 11.6 Å². The van der Waals surface area contributed by atoms with Crippen molar-refractivity contribution in [3.05, 3.63) is 323 Å². The van der Waals surface area contributed by atoms with Crippen LogP contribution in [0.2, 0.25) is 0 Å². The van der Waals surface area contributed by atoms with Gasteiger partial charge < -0.3 is 0 Å². The van der Waals surface area contributed by atoms with Gasteiger partial charge in [0.05, 0.1) is 75.2 Å². The summed E-state index contributed by atoms with van der Waals surface area (Å²) in [5.41, 5.74) is 23.5. The van der Waals surface area contributed by atoms with Gasteiger partial charge in [-0.2, -0.15) is 21.0 Å². The van der Waals surface area contributed by atoms with Gasteiger partial charge in [-0.1, -0.05) is 243 Å². The largest absolute Gasteiger partial charge is 0.275 e. The molecular formula is C85H66Cl2N12. The number of halogens is 2. The Morgan fingerprint density at radius 1 is 0.323 bits per heavy atom. The molecule has 2 spiro atoms. The van der Waals surface area contributed by atoms with Crippen molar-refractivity contribution in [2.75, 3.05) is 5.34 Å². The van der Waals surface area contributed by atoms with Crippen molar-refractivity contribution in [1.82, 2.24) is 19.1 Å². The lowest BCUT2D eigenvalue weighted by atomic mass is 9.85. The molecule has 0 bridgehead atoms. The van der Waals surface area contributed by atoms with E-state index in [0.29, 0.717) is 25.7 Å². The highest BCUT2D eigenvalue weighted by molar-refractivity contribution is 6.55. The number of benzene rings is 10. The van der Waals surface area contributed by atoms with E-state index < -0.39 is 11.6 Å². The van der Waals surface area contributed by atoms with Crippen LogP contribution in [0.15, 0.2) is 287 Å². The number of imidazole rings is 2. The van der Waals surface area contributed by atoms with Gasteiger partial charge in [-0.3, -0.25) is 9.13 Å². The highest BCUT2D eigenvalue weighted by Gasteiger charge is 2.52. The Labute approximate surface area is 587 Å². The summed E-state index contributed by atoms with van der Waals surface area (Å²) in [6, 6.07) is 102. The fourth-order valence-corrected chi connectivity index (χ4v) is 13.7. The molecule has 0 atom stereocenters. The summed E-state index contributed by atoms with van der Waals surface area (Å²) in [7, 11) is 0. The zero-order valence-corrected chi connectivity index (χ0v) is 56.6. The zero-order valence-electron chi connectivity index (χ0n) is 55.1. The van der Waals surface area contributed by atoms with Gasteiger partial charge in [-0.25, -0.2) is 29.9 Å². The number of hydrogen-bond acceptors (Lipinski definition) is 10. The molecule has 0 saturated carbocycles. The molecule has 12 nitrogen and oxygen atoms in total. The molecule has 2 aromatic heterocycles. The van der Waals surface area contributed by atoms with Crippen LogP contribution in [0.25, 0.3) is 67.8 Å². The lowest BCUT2D eigenvalue weighted by Gasteiger charge is -2.35. The second-order valence-corrected chi connectivity index (χ2v) is 24.1. The van der Waals surface area contributed by atoms with Crippen LogP contribution in [-0.4, -0.2) is 47.3 Å². The molecule has 0 fully saturated rings. The fourth-order valence-electron chi connectivity index (χ4n) is 13.7. The average Bonchev–Trinajstić information content (AvgIpc) is 1.54. The molecule has 0 amide bonds.